The van der Waals surface area contributed by atoms with Crippen LogP contribution in [0.1, 0.15) is 22.4 Å². The first-order valence-electron chi connectivity index (χ1n) is 9.30. The molecule has 0 saturated carbocycles. The summed E-state index contributed by atoms with van der Waals surface area (Å²) in [5, 5.41) is 1.54. The minimum Gasteiger partial charge on any atom is -0.495 e. The van der Waals surface area contributed by atoms with E-state index < -0.39 is 0 Å². The number of pyridine rings is 3. The molecule has 4 aromatic rings. The maximum atomic E-state index is 6.50. The number of hydrogen-bond acceptors (Lipinski definition) is 5. The van der Waals surface area contributed by atoms with Gasteiger partial charge in [-0.15, -0.1) is 0 Å². The topological polar surface area (TPSA) is 72.9 Å². The molecule has 0 spiro atoms. The van der Waals surface area contributed by atoms with Crippen molar-refractivity contribution in [2.45, 2.75) is 19.3 Å². The third-order valence-electron chi connectivity index (χ3n) is 4.89. The quantitative estimate of drug-likeness (QED) is 0.459. The van der Waals surface area contributed by atoms with E-state index in [2.05, 4.69) is 19.9 Å². The maximum Gasteiger partial charge on any atom is 0.216 e. The van der Waals surface area contributed by atoms with Gasteiger partial charge in [0.1, 0.15) is 16.5 Å². The molecular weight excluding hydrogens is 388 g/mol. The summed E-state index contributed by atoms with van der Waals surface area (Å²) < 4.78 is 10.6. The van der Waals surface area contributed by atoms with Crippen LogP contribution in [0, 0.1) is 0 Å². The monoisotopic (exact) mass is 408 g/mol. The molecule has 1 N–H and O–H groups in total. The number of rotatable bonds is 7. The Morgan fingerprint density at radius 3 is 2.69 bits per heavy atom. The number of H-pyrrole nitrogens is 1. The van der Waals surface area contributed by atoms with E-state index in [4.69, 9.17) is 21.1 Å². The van der Waals surface area contributed by atoms with E-state index in [-0.39, 0.29) is 0 Å². The molecule has 7 heteroatoms. The van der Waals surface area contributed by atoms with Crippen molar-refractivity contribution in [3.63, 3.8) is 0 Å². The van der Waals surface area contributed by atoms with E-state index in [9.17, 15) is 0 Å². The summed E-state index contributed by atoms with van der Waals surface area (Å²) in [5.41, 5.74) is 4.89. The van der Waals surface area contributed by atoms with Gasteiger partial charge < -0.3 is 14.5 Å². The number of fused-ring (bicyclic) bond motifs is 1. The van der Waals surface area contributed by atoms with Gasteiger partial charge in [0.2, 0.25) is 5.88 Å². The Balaban J connectivity index is 1.50. The van der Waals surface area contributed by atoms with Gasteiger partial charge in [0.05, 0.1) is 20.4 Å². The van der Waals surface area contributed by atoms with E-state index in [1.807, 2.05) is 36.5 Å². The largest absolute Gasteiger partial charge is 0.495 e. The van der Waals surface area contributed by atoms with Crippen LogP contribution in [0.5, 0.6) is 11.6 Å². The molecule has 0 unspecified atom stereocenters. The Labute approximate surface area is 173 Å². The zero-order valence-electron chi connectivity index (χ0n) is 16.3. The highest BCUT2D eigenvalue weighted by Crippen LogP contribution is 2.26. The summed E-state index contributed by atoms with van der Waals surface area (Å²) >= 11 is 6.50. The summed E-state index contributed by atoms with van der Waals surface area (Å²) in [7, 11) is 3.27. The molecule has 4 aromatic heterocycles. The van der Waals surface area contributed by atoms with Crippen LogP contribution in [0.3, 0.4) is 0 Å². The van der Waals surface area contributed by atoms with Crippen molar-refractivity contribution in [1.82, 2.24) is 19.9 Å². The van der Waals surface area contributed by atoms with Crippen molar-refractivity contribution in [1.29, 1.82) is 0 Å². The lowest BCUT2D eigenvalue weighted by Gasteiger charge is -2.08. The average Bonchev–Trinajstić information content (AvgIpc) is 3.16. The van der Waals surface area contributed by atoms with Crippen molar-refractivity contribution in [3.05, 3.63) is 76.5 Å². The molecule has 0 aromatic carbocycles. The van der Waals surface area contributed by atoms with Gasteiger partial charge in [-0.25, -0.2) is 15.0 Å². The summed E-state index contributed by atoms with van der Waals surface area (Å²) in [6, 6.07) is 9.97. The number of nitrogens with one attached hydrogen (secondary N) is 1. The molecule has 0 saturated heterocycles. The fourth-order valence-electron chi connectivity index (χ4n) is 3.33. The van der Waals surface area contributed by atoms with E-state index in [0.717, 1.165) is 52.0 Å². The fourth-order valence-corrected chi connectivity index (χ4v) is 3.57. The van der Waals surface area contributed by atoms with E-state index in [1.165, 1.54) is 0 Å². The molecule has 0 amide bonds. The first kappa shape index (κ1) is 19.2. The lowest BCUT2D eigenvalue weighted by atomic mass is 10.0. The van der Waals surface area contributed by atoms with Crippen molar-refractivity contribution in [3.8, 4) is 11.6 Å². The van der Waals surface area contributed by atoms with Gasteiger partial charge in [0.15, 0.2) is 0 Å². The molecule has 0 aliphatic heterocycles. The minimum absolute atomic E-state index is 0.519. The first-order valence-corrected chi connectivity index (χ1v) is 9.68. The third kappa shape index (κ3) is 4.17. The molecule has 4 rings (SSSR count). The maximum absolute atomic E-state index is 6.50. The fraction of sp³-hybridized carbons (Fsp3) is 0.227. The minimum atomic E-state index is 0.519. The zero-order valence-corrected chi connectivity index (χ0v) is 17.0. The molecule has 4 heterocycles. The van der Waals surface area contributed by atoms with Crippen LogP contribution in [0.15, 0.2) is 48.9 Å². The van der Waals surface area contributed by atoms with Gasteiger partial charge in [-0.1, -0.05) is 23.7 Å². The second kappa shape index (κ2) is 8.49. The van der Waals surface area contributed by atoms with Crippen LogP contribution in [0.2, 0.25) is 5.15 Å². The molecule has 0 aliphatic carbocycles. The van der Waals surface area contributed by atoms with Crippen molar-refractivity contribution in [2.75, 3.05) is 14.2 Å². The summed E-state index contributed by atoms with van der Waals surface area (Å²) in [4.78, 5) is 16.4. The van der Waals surface area contributed by atoms with Crippen LogP contribution in [0.4, 0.5) is 0 Å². The number of ether oxygens (including phenoxy) is 2. The Morgan fingerprint density at radius 2 is 1.90 bits per heavy atom. The number of aromatic nitrogens is 4. The lowest BCUT2D eigenvalue weighted by molar-refractivity contribution is 0.392. The predicted octanol–water partition coefficient (Wildman–Crippen LogP) is 4.40. The highest BCUT2D eigenvalue weighted by molar-refractivity contribution is 6.30. The number of aryl methyl sites for hydroxylation is 2. The second-order valence-corrected chi connectivity index (χ2v) is 7.04. The Bertz CT molecular complexity index is 1140. The normalized spacial score (nSPS) is 11.0. The SMILES string of the molecule is COc1cnc2[nH]cc(Cc3ccc(CCc4cccnc4OC)nc3Cl)c2c1. The van der Waals surface area contributed by atoms with Crippen LogP contribution < -0.4 is 9.47 Å². The number of aromatic amines is 1. The van der Waals surface area contributed by atoms with Crippen LogP contribution in [0.25, 0.3) is 11.0 Å². The highest BCUT2D eigenvalue weighted by atomic mass is 35.5. The van der Waals surface area contributed by atoms with Gasteiger partial charge in [-0.3, -0.25) is 0 Å². The molecular formula is C22H21ClN4O2. The molecule has 148 valence electrons. The van der Waals surface area contributed by atoms with E-state index in [1.54, 1.807) is 26.6 Å². The van der Waals surface area contributed by atoms with Crippen LogP contribution >= 0.6 is 11.6 Å². The Morgan fingerprint density at radius 1 is 1.00 bits per heavy atom. The molecule has 0 bridgehead atoms. The Kier molecular flexibility index (Phi) is 5.62. The smallest absolute Gasteiger partial charge is 0.216 e. The number of nitrogens with zero attached hydrogens (tertiary/aromatic N) is 3. The molecule has 0 atom stereocenters. The standard InChI is InChI=1S/C22H21ClN4O2/c1-28-18-11-19-16(12-25-21(19)26-13-18)10-15-6-8-17(27-20(15)23)7-5-14-4-3-9-24-22(14)29-2/h3-4,6,8-9,11-13H,5,7,10H2,1-2H3,(H,25,26). The van der Waals surface area contributed by atoms with Gasteiger partial charge in [0, 0.05) is 35.5 Å². The highest BCUT2D eigenvalue weighted by Gasteiger charge is 2.11. The van der Waals surface area contributed by atoms with Gasteiger partial charge in [-0.05, 0) is 42.2 Å². The molecule has 0 radical (unpaired) electrons. The van der Waals surface area contributed by atoms with E-state index >= 15 is 0 Å². The van der Waals surface area contributed by atoms with Crippen LogP contribution in [-0.4, -0.2) is 34.2 Å². The van der Waals surface area contributed by atoms with Crippen molar-refractivity contribution < 1.29 is 9.47 Å². The lowest BCUT2D eigenvalue weighted by Crippen LogP contribution is -2.00. The number of halogens is 1. The number of methoxy groups -OCH3 is 2. The third-order valence-corrected chi connectivity index (χ3v) is 5.21. The molecule has 0 fully saturated rings. The Hall–Kier alpha value is -3.12. The van der Waals surface area contributed by atoms with Crippen molar-refractivity contribution >= 4 is 22.6 Å². The van der Waals surface area contributed by atoms with Crippen molar-refractivity contribution in [2.24, 2.45) is 0 Å². The first-order chi connectivity index (χ1) is 14.2. The van der Waals surface area contributed by atoms with Crippen LogP contribution in [-0.2, 0) is 19.3 Å². The molecule has 6 nitrogen and oxygen atoms in total. The number of hydrogen-bond donors (Lipinski definition) is 1. The van der Waals surface area contributed by atoms with Gasteiger partial charge >= 0.3 is 0 Å². The summed E-state index contributed by atoms with van der Waals surface area (Å²) in [6.45, 7) is 0. The van der Waals surface area contributed by atoms with Gasteiger partial charge in [0.25, 0.3) is 0 Å². The van der Waals surface area contributed by atoms with Gasteiger partial charge in [-0.2, -0.15) is 0 Å². The second-order valence-electron chi connectivity index (χ2n) is 6.69. The van der Waals surface area contributed by atoms with E-state index in [0.29, 0.717) is 17.5 Å². The summed E-state index contributed by atoms with van der Waals surface area (Å²) in [6.07, 6.45) is 7.59. The summed E-state index contributed by atoms with van der Waals surface area (Å²) in [5.74, 6) is 1.38. The molecule has 0 aliphatic rings. The predicted molar refractivity (Wildman–Crippen MR) is 113 cm³/mol. The average molecular weight is 409 g/mol. The zero-order chi connectivity index (χ0) is 20.2. The molecule has 29 heavy (non-hydrogen) atoms.